The molecule has 1 aliphatic rings. The molecular formula is C17H26N2O2. The van der Waals surface area contributed by atoms with Crippen LogP contribution in [0.3, 0.4) is 0 Å². The number of phenolic OH excluding ortho intramolecular Hbond substituents is 1. The zero-order valence-electron chi connectivity index (χ0n) is 12.8. The van der Waals surface area contributed by atoms with Crippen LogP contribution in [0, 0.1) is 5.92 Å². The monoisotopic (exact) mass is 290 g/mol. The molecule has 2 N–H and O–H groups in total. The summed E-state index contributed by atoms with van der Waals surface area (Å²) in [6, 6.07) is 7.09. The van der Waals surface area contributed by atoms with Gasteiger partial charge < -0.3 is 15.3 Å². The quantitative estimate of drug-likeness (QED) is 0.844. The van der Waals surface area contributed by atoms with Crippen molar-refractivity contribution in [3.8, 4) is 5.75 Å². The molecule has 0 spiro atoms. The number of aromatic hydroxyl groups is 1. The van der Waals surface area contributed by atoms with Gasteiger partial charge in [0, 0.05) is 18.7 Å². The summed E-state index contributed by atoms with van der Waals surface area (Å²) in [7, 11) is 0. The van der Waals surface area contributed by atoms with Crippen LogP contribution < -0.4 is 5.32 Å². The fourth-order valence-corrected chi connectivity index (χ4v) is 2.91. The summed E-state index contributed by atoms with van der Waals surface area (Å²) in [4.78, 5) is 14.5. The highest BCUT2D eigenvalue weighted by Gasteiger charge is 2.21. The maximum absolute atomic E-state index is 12.5. The van der Waals surface area contributed by atoms with E-state index in [-0.39, 0.29) is 18.1 Å². The van der Waals surface area contributed by atoms with Crippen LogP contribution in [0.5, 0.6) is 5.75 Å². The van der Waals surface area contributed by atoms with Crippen molar-refractivity contribution in [2.75, 3.05) is 26.2 Å². The van der Waals surface area contributed by atoms with Crippen LogP contribution in [0.1, 0.15) is 31.7 Å². The fourth-order valence-electron chi connectivity index (χ4n) is 2.91. The molecule has 1 saturated heterocycles. The van der Waals surface area contributed by atoms with E-state index in [1.54, 1.807) is 12.1 Å². The Kier molecular flexibility index (Phi) is 6.05. The lowest BCUT2D eigenvalue weighted by Gasteiger charge is -2.30. The van der Waals surface area contributed by atoms with E-state index in [1.807, 2.05) is 17.0 Å². The minimum absolute atomic E-state index is 0.115. The molecule has 1 aromatic rings. The third-order valence-corrected chi connectivity index (χ3v) is 4.06. The van der Waals surface area contributed by atoms with Crippen molar-refractivity contribution >= 4 is 5.91 Å². The average Bonchev–Trinajstić information content (AvgIpc) is 2.50. The van der Waals surface area contributed by atoms with Crippen LogP contribution in [-0.4, -0.2) is 42.1 Å². The van der Waals surface area contributed by atoms with Crippen molar-refractivity contribution in [3.05, 3.63) is 29.8 Å². The number of nitrogens with zero attached hydrogens (tertiary/aromatic N) is 1. The lowest BCUT2D eigenvalue weighted by molar-refractivity contribution is -0.131. The molecule has 0 radical (unpaired) electrons. The van der Waals surface area contributed by atoms with Gasteiger partial charge in [-0.15, -0.1) is 0 Å². The number of rotatable bonds is 6. The molecule has 1 atom stereocenters. The lowest BCUT2D eigenvalue weighted by atomic mass is 9.98. The number of amides is 1. The zero-order valence-corrected chi connectivity index (χ0v) is 12.8. The smallest absolute Gasteiger partial charge is 0.227 e. The first-order valence-electron chi connectivity index (χ1n) is 7.96. The molecule has 1 aliphatic heterocycles. The molecule has 1 fully saturated rings. The van der Waals surface area contributed by atoms with Gasteiger partial charge in [-0.2, -0.15) is 0 Å². The van der Waals surface area contributed by atoms with E-state index in [0.29, 0.717) is 11.5 Å². The van der Waals surface area contributed by atoms with Crippen LogP contribution in [0.4, 0.5) is 0 Å². The van der Waals surface area contributed by atoms with E-state index in [2.05, 4.69) is 12.2 Å². The average molecular weight is 290 g/mol. The van der Waals surface area contributed by atoms with Crippen LogP contribution in [0.2, 0.25) is 0 Å². The van der Waals surface area contributed by atoms with Gasteiger partial charge in [0.2, 0.25) is 5.91 Å². The summed E-state index contributed by atoms with van der Waals surface area (Å²) in [5.41, 5.74) is 0.713. The van der Waals surface area contributed by atoms with E-state index in [0.717, 1.165) is 32.6 Å². The predicted molar refractivity (Wildman–Crippen MR) is 84.3 cm³/mol. The molecule has 4 heteroatoms. The van der Waals surface area contributed by atoms with Crippen molar-refractivity contribution in [1.82, 2.24) is 10.2 Å². The van der Waals surface area contributed by atoms with Crippen LogP contribution in [0.25, 0.3) is 0 Å². The summed E-state index contributed by atoms with van der Waals surface area (Å²) in [5.74, 6) is 0.879. The topological polar surface area (TPSA) is 52.6 Å². The molecule has 1 aromatic carbocycles. The largest absolute Gasteiger partial charge is 0.508 e. The van der Waals surface area contributed by atoms with Crippen molar-refractivity contribution in [3.63, 3.8) is 0 Å². The Morgan fingerprint density at radius 3 is 2.90 bits per heavy atom. The van der Waals surface area contributed by atoms with Crippen molar-refractivity contribution < 1.29 is 9.90 Å². The van der Waals surface area contributed by atoms with Crippen LogP contribution in [-0.2, 0) is 11.2 Å². The van der Waals surface area contributed by atoms with Crippen molar-refractivity contribution in [2.45, 2.75) is 32.6 Å². The predicted octanol–water partition coefficient (Wildman–Crippen LogP) is 2.17. The molecular weight excluding hydrogens is 264 g/mol. The first kappa shape index (κ1) is 15.8. The maximum Gasteiger partial charge on any atom is 0.227 e. The third kappa shape index (κ3) is 4.74. The van der Waals surface area contributed by atoms with E-state index in [4.69, 9.17) is 0 Å². The van der Waals surface area contributed by atoms with Gasteiger partial charge in [-0.3, -0.25) is 4.79 Å². The van der Waals surface area contributed by atoms with Gasteiger partial charge in [-0.1, -0.05) is 25.1 Å². The number of hydrogen-bond acceptors (Lipinski definition) is 3. The van der Waals surface area contributed by atoms with Gasteiger partial charge in [-0.25, -0.2) is 0 Å². The molecule has 4 nitrogen and oxygen atoms in total. The number of benzene rings is 1. The van der Waals surface area contributed by atoms with E-state index in [1.165, 1.54) is 12.8 Å². The number of carbonyl (C=O) groups excluding carboxylic acids is 1. The summed E-state index contributed by atoms with van der Waals surface area (Å²) >= 11 is 0. The number of hydrogen-bond donors (Lipinski definition) is 2. The summed E-state index contributed by atoms with van der Waals surface area (Å²) in [6.07, 6.45) is 3.63. The standard InChI is InChI=1S/C17H26N2O2/c1-2-10-19(13-14-6-5-9-18-12-14)17(21)11-15-7-3-4-8-16(15)20/h3-4,7-8,14,18,20H,2,5-6,9-13H2,1H3. The fraction of sp³-hybridized carbons (Fsp3) is 0.588. The Labute approximate surface area is 127 Å². The minimum atomic E-state index is 0.115. The van der Waals surface area contributed by atoms with Crippen molar-refractivity contribution in [2.24, 2.45) is 5.92 Å². The summed E-state index contributed by atoms with van der Waals surface area (Å²) in [6.45, 7) is 5.82. The molecule has 0 aromatic heterocycles. The second-order valence-electron chi connectivity index (χ2n) is 5.86. The van der Waals surface area contributed by atoms with Crippen molar-refractivity contribution in [1.29, 1.82) is 0 Å². The highest BCUT2D eigenvalue weighted by molar-refractivity contribution is 5.79. The maximum atomic E-state index is 12.5. The number of nitrogens with one attached hydrogen (secondary N) is 1. The molecule has 116 valence electrons. The second-order valence-corrected chi connectivity index (χ2v) is 5.86. The van der Waals surface area contributed by atoms with E-state index < -0.39 is 0 Å². The van der Waals surface area contributed by atoms with E-state index >= 15 is 0 Å². The molecule has 1 unspecified atom stereocenters. The minimum Gasteiger partial charge on any atom is -0.508 e. The first-order valence-corrected chi connectivity index (χ1v) is 7.96. The number of carbonyl (C=O) groups is 1. The molecule has 2 rings (SSSR count). The van der Waals surface area contributed by atoms with E-state index in [9.17, 15) is 9.90 Å². The van der Waals surface area contributed by atoms with Gasteiger partial charge in [0.1, 0.15) is 5.75 Å². The Morgan fingerprint density at radius 2 is 2.24 bits per heavy atom. The third-order valence-electron chi connectivity index (χ3n) is 4.06. The molecule has 0 bridgehead atoms. The summed E-state index contributed by atoms with van der Waals surface area (Å²) < 4.78 is 0. The molecule has 21 heavy (non-hydrogen) atoms. The van der Waals surface area contributed by atoms with Crippen LogP contribution in [0.15, 0.2) is 24.3 Å². The molecule has 1 heterocycles. The SMILES string of the molecule is CCCN(CC1CCCNC1)C(=O)Cc1ccccc1O. The van der Waals surface area contributed by atoms with Gasteiger partial charge >= 0.3 is 0 Å². The number of piperidine rings is 1. The highest BCUT2D eigenvalue weighted by Crippen LogP contribution is 2.18. The summed E-state index contributed by atoms with van der Waals surface area (Å²) in [5, 5.41) is 13.2. The highest BCUT2D eigenvalue weighted by atomic mass is 16.3. The second kappa shape index (κ2) is 8.03. The Bertz CT molecular complexity index is 456. The van der Waals surface area contributed by atoms with Gasteiger partial charge in [0.25, 0.3) is 0 Å². The molecule has 0 aliphatic carbocycles. The lowest BCUT2D eigenvalue weighted by Crippen LogP contribution is -2.42. The van der Waals surface area contributed by atoms with Gasteiger partial charge in [0.05, 0.1) is 6.42 Å². The van der Waals surface area contributed by atoms with Gasteiger partial charge in [-0.05, 0) is 44.3 Å². The normalized spacial score (nSPS) is 18.4. The van der Waals surface area contributed by atoms with Gasteiger partial charge in [0.15, 0.2) is 0 Å². The Morgan fingerprint density at radius 1 is 1.43 bits per heavy atom. The Balaban J connectivity index is 1.96. The Hall–Kier alpha value is -1.55. The van der Waals surface area contributed by atoms with Crippen LogP contribution >= 0.6 is 0 Å². The molecule has 0 saturated carbocycles. The first-order chi connectivity index (χ1) is 10.2. The molecule has 1 amide bonds. The number of para-hydroxylation sites is 1. The zero-order chi connectivity index (χ0) is 15.1. The number of phenols is 1.